The van der Waals surface area contributed by atoms with Crippen LogP contribution in [0.1, 0.15) is 30.9 Å². The van der Waals surface area contributed by atoms with Crippen LogP contribution >= 0.6 is 0 Å². The highest BCUT2D eigenvalue weighted by molar-refractivity contribution is 7.88. The molecule has 1 aliphatic rings. The van der Waals surface area contributed by atoms with E-state index in [0.29, 0.717) is 45.2 Å². The Morgan fingerprint density at radius 1 is 1.38 bits per heavy atom. The van der Waals surface area contributed by atoms with Gasteiger partial charge < -0.3 is 20.1 Å². The number of benzene rings is 1. The summed E-state index contributed by atoms with van der Waals surface area (Å²) in [6.45, 7) is 7.43. The molecule has 0 radical (unpaired) electrons. The Kier molecular flexibility index (Phi) is 9.19. The summed E-state index contributed by atoms with van der Waals surface area (Å²) in [4.78, 5) is 4.24. The van der Waals surface area contributed by atoms with Crippen LogP contribution in [-0.4, -0.2) is 70.9 Å². The smallest absolute Gasteiger partial charge is 0.211 e. The van der Waals surface area contributed by atoms with Gasteiger partial charge in [0.05, 0.1) is 19.5 Å². The third kappa shape index (κ3) is 7.83. The average molecular weight is 427 g/mol. The van der Waals surface area contributed by atoms with Gasteiger partial charge in [0.2, 0.25) is 10.0 Å². The van der Waals surface area contributed by atoms with Crippen LogP contribution in [0.4, 0.5) is 0 Å². The molecule has 0 aromatic heterocycles. The zero-order valence-electron chi connectivity index (χ0n) is 17.9. The summed E-state index contributed by atoms with van der Waals surface area (Å²) in [5.74, 6) is 1.54. The summed E-state index contributed by atoms with van der Waals surface area (Å²) in [7, 11) is -1.43. The monoisotopic (exact) mass is 426 g/mol. The van der Waals surface area contributed by atoms with Crippen molar-refractivity contribution in [2.75, 3.05) is 46.2 Å². The second-order valence-corrected chi connectivity index (χ2v) is 9.16. The van der Waals surface area contributed by atoms with Crippen molar-refractivity contribution in [2.45, 2.75) is 39.3 Å². The predicted molar refractivity (Wildman–Crippen MR) is 116 cm³/mol. The topological polar surface area (TPSA) is 92.3 Å². The lowest BCUT2D eigenvalue weighted by molar-refractivity contribution is 0.140. The number of sulfonamides is 1. The van der Waals surface area contributed by atoms with Crippen molar-refractivity contribution in [1.82, 2.24) is 14.9 Å². The van der Waals surface area contributed by atoms with Gasteiger partial charge in [-0.15, -0.1) is 0 Å². The first-order valence-corrected chi connectivity index (χ1v) is 11.9. The first kappa shape index (κ1) is 23.4. The van der Waals surface area contributed by atoms with Crippen LogP contribution in [0.5, 0.6) is 5.75 Å². The molecule has 0 spiro atoms. The van der Waals surface area contributed by atoms with E-state index in [4.69, 9.17) is 9.47 Å². The summed E-state index contributed by atoms with van der Waals surface area (Å²) in [6.07, 6.45) is 2.95. The third-order valence-electron chi connectivity index (χ3n) is 4.77. The Morgan fingerprint density at radius 2 is 2.17 bits per heavy atom. The Labute approximate surface area is 174 Å². The van der Waals surface area contributed by atoms with Crippen LogP contribution in [0.15, 0.2) is 23.2 Å². The lowest BCUT2D eigenvalue weighted by Gasteiger charge is -2.19. The van der Waals surface area contributed by atoms with E-state index >= 15 is 0 Å². The molecule has 1 aromatic carbocycles. The van der Waals surface area contributed by atoms with Crippen molar-refractivity contribution in [1.29, 1.82) is 0 Å². The zero-order chi connectivity index (χ0) is 21.3. The standard InChI is InChI=1S/C20H34N4O4S/c1-5-24(29(4,25)26)11-6-10-22-20(21-3)23-14-17-8-7-16(2)13-19(17)28-18-9-12-27-15-18/h7-8,13,18H,5-6,9-12,14-15H2,1-4H3,(H2,21,22,23). The van der Waals surface area contributed by atoms with Crippen molar-refractivity contribution < 1.29 is 17.9 Å². The maximum atomic E-state index is 11.6. The van der Waals surface area contributed by atoms with Gasteiger partial charge in [-0.25, -0.2) is 12.7 Å². The largest absolute Gasteiger partial charge is 0.488 e. The van der Waals surface area contributed by atoms with Gasteiger partial charge in [-0.3, -0.25) is 4.99 Å². The minimum atomic E-state index is -3.15. The third-order valence-corrected chi connectivity index (χ3v) is 6.15. The van der Waals surface area contributed by atoms with Crippen molar-refractivity contribution in [3.8, 4) is 5.75 Å². The van der Waals surface area contributed by atoms with Crippen molar-refractivity contribution in [2.24, 2.45) is 4.99 Å². The Morgan fingerprint density at radius 3 is 2.79 bits per heavy atom. The normalized spacial score (nSPS) is 17.6. The second kappa shape index (κ2) is 11.4. The molecule has 2 rings (SSSR count). The Balaban J connectivity index is 1.84. The first-order valence-electron chi connectivity index (χ1n) is 10.1. The van der Waals surface area contributed by atoms with Gasteiger partial charge in [0.1, 0.15) is 11.9 Å². The van der Waals surface area contributed by atoms with Crippen molar-refractivity contribution in [3.05, 3.63) is 29.3 Å². The molecule has 0 aliphatic carbocycles. The highest BCUT2D eigenvalue weighted by Crippen LogP contribution is 2.23. The maximum absolute atomic E-state index is 11.6. The minimum Gasteiger partial charge on any atom is -0.488 e. The molecule has 0 amide bonds. The van der Waals surface area contributed by atoms with Gasteiger partial charge in [0, 0.05) is 45.2 Å². The number of guanidine groups is 1. The van der Waals surface area contributed by atoms with E-state index in [-0.39, 0.29) is 6.10 Å². The lowest BCUT2D eigenvalue weighted by Crippen LogP contribution is -2.39. The van der Waals surface area contributed by atoms with E-state index < -0.39 is 10.0 Å². The molecule has 1 unspecified atom stereocenters. The lowest BCUT2D eigenvalue weighted by atomic mass is 10.1. The number of aliphatic imine (C=N–C) groups is 1. The molecule has 0 bridgehead atoms. The molecular formula is C20H34N4O4S. The van der Waals surface area contributed by atoms with E-state index in [1.165, 1.54) is 10.6 Å². The van der Waals surface area contributed by atoms with Crippen LogP contribution in [-0.2, 0) is 21.3 Å². The maximum Gasteiger partial charge on any atom is 0.211 e. The molecule has 2 N–H and O–H groups in total. The van der Waals surface area contributed by atoms with Gasteiger partial charge in [-0.1, -0.05) is 19.1 Å². The van der Waals surface area contributed by atoms with Gasteiger partial charge in [0.25, 0.3) is 0 Å². The highest BCUT2D eigenvalue weighted by atomic mass is 32.2. The van der Waals surface area contributed by atoms with E-state index in [0.717, 1.165) is 29.9 Å². The van der Waals surface area contributed by atoms with Crippen LogP contribution in [0, 0.1) is 6.92 Å². The van der Waals surface area contributed by atoms with Gasteiger partial charge in [-0.05, 0) is 25.0 Å². The van der Waals surface area contributed by atoms with Crippen molar-refractivity contribution >= 4 is 16.0 Å². The molecule has 1 aliphatic heterocycles. The highest BCUT2D eigenvalue weighted by Gasteiger charge is 2.19. The Hall–Kier alpha value is -1.84. The molecule has 0 saturated carbocycles. The van der Waals surface area contributed by atoms with Gasteiger partial charge >= 0.3 is 0 Å². The fraction of sp³-hybridized carbons (Fsp3) is 0.650. The van der Waals surface area contributed by atoms with Gasteiger partial charge in [-0.2, -0.15) is 0 Å². The number of nitrogens with zero attached hydrogens (tertiary/aromatic N) is 2. The predicted octanol–water partition coefficient (Wildman–Crippen LogP) is 1.50. The molecule has 1 aromatic rings. The van der Waals surface area contributed by atoms with E-state index in [1.54, 1.807) is 7.05 Å². The van der Waals surface area contributed by atoms with Gasteiger partial charge in [0.15, 0.2) is 5.96 Å². The summed E-state index contributed by atoms with van der Waals surface area (Å²) in [5.41, 5.74) is 2.20. The SMILES string of the molecule is CCN(CCCNC(=NC)NCc1ccc(C)cc1OC1CCOC1)S(C)(=O)=O. The second-order valence-electron chi connectivity index (χ2n) is 7.18. The molecule has 1 atom stereocenters. The fourth-order valence-electron chi connectivity index (χ4n) is 3.12. The Bertz CT molecular complexity index is 777. The minimum absolute atomic E-state index is 0.101. The number of ether oxygens (including phenoxy) is 2. The van der Waals surface area contributed by atoms with Crippen molar-refractivity contribution in [3.63, 3.8) is 0 Å². The fourth-order valence-corrected chi connectivity index (χ4v) is 4.05. The summed E-state index contributed by atoms with van der Waals surface area (Å²) < 4.78 is 36.3. The quantitative estimate of drug-likeness (QED) is 0.335. The van der Waals surface area contributed by atoms with Crippen LogP contribution in [0.25, 0.3) is 0 Å². The molecule has 1 saturated heterocycles. The van der Waals surface area contributed by atoms with E-state index in [9.17, 15) is 8.42 Å². The average Bonchev–Trinajstić information content (AvgIpc) is 3.17. The molecule has 8 nitrogen and oxygen atoms in total. The number of hydrogen-bond donors (Lipinski definition) is 2. The number of rotatable bonds is 10. The number of nitrogens with one attached hydrogen (secondary N) is 2. The number of aryl methyl sites for hydroxylation is 1. The molecular weight excluding hydrogens is 392 g/mol. The molecule has 1 heterocycles. The molecule has 1 fully saturated rings. The summed E-state index contributed by atoms with van der Waals surface area (Å²) in [6, 6.07) is 6.18. The van der Waals surface area contributed by atoms with Crippen LogP contribution in [0.3, 0.4) is 0 Å². The zero-order valence-corrected chi connectivity index (χ0v) is 18.7. The van der Waals surface area contributed by atoms with Crippen LogP contribution < -0.4 is 15.4 Å². The number of hydrogen-bond acceptors (Lipinski definition) is 5. The molecule has 29 heavy (non-hydrogen) atoms. The molecule has 9 heteroatoms. The van der Waals surface area contributed by atoms with E-state index in [2.05, 4.69) is 33.8 Å². The first-order chi connectivity index (χ1) is 13.8. The summed E-state index contributed by atoms with van der Waals surface area (Å²) in [5, 5.41) is 6.53. The molecule has 164 valence electrons. The summed E-state index contributed by atoms with van der Waals surface area (Å²) >= 11 is 0. The van der Waals surface area contributed by atoms with Crippen LogP contribution in [0.2, 0.25) is 0 Å². The van der Waals surface area contributed by atoms with E-state index in [1.807, 2.05) is 13.8 Å².